The first kappa shape index (κ1) is 14.6. The van der Waals surface area contributed by atoms with Crippen molar-refractivity contribution in [2.75, 3.05) is 26.9 Å². The van der Waals surface area contributed by atoms with Gasteiger partial charge in [-0.1, -0.05) is 15.9 Å². The normalized spacial score (nSPS) is 15.4. The molecule has 0 spiro atoms. The molecule has 1 atom stereocenters. The molecule has 19 heavy (non-hydrogen) atoms. The molecule has 4 heteroatoms. The number of hydrogen-bond acceptors (Lipinski definition) is 3. The second kappa shape index (κ2) is 7.08. The zero-order chi connectivity index (χ0) is 13.7. The van der Waals surface area contributed by atoms with Crippen molar-refractivity contribution in [2.24, 2.45) is 0 Å². The van der Waals surface area contributed by atoms with Crippen LogP contribution < -0.4 is 10.1 Å². The number of hydrogen-bond donors (Lipinski definition) is 1. The average Bonchev–Trinajstić information content (AvgIpc) is 2.42. The summed E-state index contributed by atoms with van der Waals surface area (Å²) in [6.45, 7) is 4.49. The average molecular weight is 326 g/mol. The Bertz CT molecular complexity index is 459. The van der Waals surface area contributed by atoms with Crippen LogP contribution in [0.15, 0.2) is 28.2 Å². The summed E-state index contributed by atoms with van der Waals surface area (Å²) in [6.07, 6.45) is 3.23. The standard InChI is InChI=1S/C15H20BrNO2/c1-11(5-6-18-2)17-9-12-7-13-8-14(16)3-4-15(13)19-10-12/h3-4,7-8,11,17H,5-6,9-10H2,1-2H3. The van der Waals surface area contributed by atoms with Gasteiger partial charge in [0.05, 0.1) is 0 Å². The fourth-order valence-corrected chi connectivity index (χ4v) is 2.38. The molecule has 0 radical (unpaired) electrons. The van der Waals surface area contributed by atoms with E-state index in [1.54, 1.807) is 7.11 Å². The number of rotatable bonds is 6. The molecule has 0 fully saturated rings. The number of ether oxygens (including phenoxy) is 2. The van der Waals surface area contributed by atoms with Crippen molar-refractivity contribution < 1.29 is 9.47 Å². The van der Waals surface area contributed by atoms with E-state index in [-0.39, 0.29) is 0 Å². The highest BCUT2D eigenvalue weighted by molar-refractivity contribution is 9.10. The molecule has 0 aromatic heterocycles. The van der Waals surface area contributed by atoms with E-state index in [4.69, 9.17) is 9.47 Å². The van der Waals surface area contributed by atoms with Gasteiger partial charge in [-0.15, -0.1) is 0 Å². The van der Waals surface area contributed by atoms with Crippen LogP contribution in [0.25, 0.3) is 6.08 Å². The van der Waals surface area contributed by atoms with E-state index in [1.165, 1.54) is 5.57 Å². The minimum absolute atomic E-state index is 0.449. The number of nitrogens with one attached hydrogen (secondary N) is 1. The molecule has 1 heterocycles. The molecule has 1 unspecified atom stereocenters. The van der Waals surface area contributed by atoms with Gasteiger partial charge in [0, 0.05) is 36.3 Å². The predicted molar refractivity (Wildman–Crippen MR) is 81.6 cm³/mol. The number of benzene rings is 1. The molecule has 0 saturated heterocycles. The lowest BCUT2D eigenvalue weighted by Crippen LogP contribution is -2.30. The maximum absolute atomic E-state index is 5.75. The Morgan fingerprint density at radius 3 is 3.11 bits per heavy atom. The van der Waals surface area contributed by atoms with Gasteiger partial charge in [-0.3, -0.25) is 0 Å². The van der Waals surface area contributed by atoms with Gasteiger partial charge in [0.15, 0.2) is 0 Å². The van der Waals surface area contributed by atoms with E-state index in [9.17, 15) is 0 Å². The van der Waals surface area contributed by atoms with E-state index < -0.39 is 0 Å². The highest BCUT2D eigenvalue weighted by atomic mass is 79.9. The quantitative estimate of drug-likeness (QED) is 0.871. The smallest absolute Gasteiger partial charge is 0.127 e. The summed E-state index contributed by atoms with van der Waals surface area (Å²) in [5.41, 5.74) is 2.41. The Kier molecular flexibility index (Phi) is 5.43. The molecule has 0 saturated carbocycles. The molecular weight excluding hydrogens is 306 g/mol. The molecule has 104 valence electrons. The molecule has 1 aliphatic heterocycles. The molecule has 2 rings (SSSR count). The largest absolute Gasteiger partial charge is 0.489 e. The number of halogens is 1. The maximum Gasteiger partial charge on any atom is 0.127 e. The van der Waals surface area contributed by atoms with Crippen LogP contribution in [-0.2, 0) is 4.74 Å². The van der Waals surface area contributed by atoms with E-state index in [2.05, 4.69) is 40.3 Å². The predicted octanol–water partition coefficient (Wildman–Crippen LogP) is 3.24. The van der Waals surface area contributed by atoms with E-state index in [0.29, 0.717) is 12.6 Å². The molecule has 1 aliphatic rings. The minimum Gasteiger partial charge on any atom is -0.489 e. The molecule has 0 aliphatic carbocycles. The van der Waals surface area contributed by atoms with Crippen LogP contribution in [0, 0.1) is 0 Å². The molecule has 0 bridgehead atoms. The van der Waals surface area contributed by atoms with E-state index >= 15 is 0 Å². The SMILES string of the molecule is COCCC(C)NCC1=Cc2cc(Br)ccc2OC1. The van der Waals surface area contributed by atoms with Crippen molar-refractivity contribution in [1.29, 1.82) is 0 Å². The Labute approximate surface area is 123 Å². The first-order chi connectivity index (χ1) is 9.19. The van der Waals surface area contributed by atoms with Gasteiger partial charge < -0.3 is 14.8 Å². The molecule has 1 aromatic rings. The zero-order valence-corrected chi connectivity index (χ0v) is 13.0. The van der Waals surface area contributed by atoms with Crippen molar-refractivity contribution in [3.05, 3.63) is 33.8 Å². The maximum atomic E-state index is 5.75. The summed E-state index contributed by atoms with van der Waals surface area (Å²) in [6, 6.07) is 6.54. The molecule has 1 N–H and O–H groups in total. The zero-order valence-electron chi connectivity index (χ0n) is 11.4. The van der Waals surface area contributed by atoms with Gasteiger partial charge in [-0.2, -0.15) is 0 Å². The van der Waals surface area contributed by atoms with Gasteiger partial charge in [-0.05, 0) is 43.2 Å². The molecule has 0 amide bonds. The Morgan fingerprint density at radius 2 is 2.32 bits per heavy atom. The lowest BCUT2D eigenvalue weighted by atomic mass is 10.1. The minimum atomic E-state index is 0.449. The van der Waals surface area contributed by atoms with Gasteiger partial charge in [0.25, 0.3) is 0 Å². The van der Waals surface area contributed by atoms with Crippen LogP contribution in [0.3, 0.4) is 0 Å². The van der Waals surface area contributed by atoms with Crippen LogP contribution in [0.5, 0.6) is 5.75 Å². The van der Waals surface area contributed by atoms with Crippen molar-refractivity contribution in [3.8, 4) is 5.75 Å². The molecule has 3 nitrogen and oxygen atoms in total. The summed E-state index contributed by atoms with van der Waals surface area (Å²) in [4.78, 5) is 0. The highest BCUT2D eigenvalue weighted by Crippen LogP contribution is 2.28. The second-order valence-corrected chi connectivity index (χ2v) is 5.75. The lowest BCUT2D eigenvalue weighted by molar-refractivity contribution is 0.185. The first-order valence-electron chi connectivity index (χ1n) is 6.53. The van der Waals surface area contributed by atoms with E-state index in [1.807, 2.05) is 12.1 Å². The third kappa shape index (κ3) is 4.34. The monoisotopic (exact) mass is 325 g/mol. The van der Waals surface area contributed by atoms with E-state index in [0.717, 1.165) is 35.4 Å². The van der Waals surface area contributed by atoms with Gasteiger partial charge in [0.1, 0.15) is 12.4 Å². The van der Waals surface area contributed by atoms with Crippen LogP contribution in [0.2, 0.25) is 0 Å². The highest BCUT2D eigenvalue weighted by Gasteiger charge is 2.12. The fraction of sp³-hybridized carbons (Fsp3) is 0.467. The summed E-state index contributed by atoms with van der Waals surface area (Å²) in [7, 11) is 1.74. The fourth-order valence-electron chi connectivity index (χ4n) is 2.00. The third-order valence-electron chi connectivity index (χ3n) is 3.18. The Hall–Kier alpha value is -0.840. The number of fused-ring (bicyclic) bond motifs is 1. The summed E-state index contributed by atoms with van der Waals surface area (Å²) in [5.74, 6) is 0.958. The Balaban J connectivity index is 1.92. The number of methoxy groups -OCH3 is 1. The summed E-state index contributed by atoms with van der Waals surface area (Å²) >= 11 is 3.49. The first-order valence-corrected chi connectivity index (χ1v) is 7.32. The van der Waals surface area contributed by atoms with Gasteiger partial charge in [-0.25, -0.2) is 0 Å². The van der Waals surface area contributed by atoms with Crippen molar-refractivity contribution >= 4 is 22.0 Å². The van der Waals surface area contributed by atoms with Crippen molar-refractivity contribution in [2.45, 2.75) is 19.4 Å². The van der Waals surface area contributed by atoms with Crippen LogP contribution in [0.4, 0.5) is 0 Å². The molecular formula is C15H20BrNO2. The van der Waals surface area contributed by atoms with Gasteiger partial charge >= 0.3 is 0 Å². The third-order valence-corrected chi connectivity index (χ3v) is 3.67. The molecule has 1 aromatic carbocycles. The summed E-state index contributed by atoms with van der Waals surface area (Å²) < 4.78 is 11.9. The second-order valence-electron chi connectivity index (χ2n) is 4.84. The summed E-state index contributed by atoms with van der Waals surface area (Å²) in [5, 5.41) is 3.49. The van der Waals surface area contributed by atoms with Crippen molar-refractivity contribution in [3.63, 3.8) is 0 Å². The van der Waals surface area contributed by atoms with Crippen molar-refractivity contribution in [1.82, 2.24) is 5.32 Å². The van der Waals surface area contributed by atoms with Crippen LogP contribution >= 0.6 is 15.9 Å². The van der Waals surface area contributed by atoms with Crippen LogP contribution in [-0.4, -0.2) is 32.9 Å². The van der Waals surface area contributed by atoms with Crippen LogP contribution in [0.1, 0.15) is 18.9 Å². The lowest BCUT2D eigenvalue weighted by Gasteiger charge is -2.20. The Morgan fingerprint density at radius 1 is 1.47 bits per heavy atom. The topological polar surface area (TPSA) is 30.5 Å². The van der Waals surface area contributed by atoms with Gasteiger partial charge in [0.2, 0.25) is 0 Å².